The maximum absolute atomic E-state index is 11.6. The van der Waals surface area contributed by atoms with Gasteiger partial charge in [-0.1, -0.05) is 12.1 Å². The van der Waals surface area contributed by atoms with Crippen molar-refractivity contribution in [3.8, 4) is 5.75 Å². The summed E-state index contributed by atoms with van der Waals surface area (Å²) in [6.45, 7) is 3.89. The van der Waals surface area contributed by atoms with E-state index in [4.69, 9.17) is 4.74 Å². The molecule has 0 radical (unpaired) electrons. The van der Waals surface area contributed by atoms with E-state index < -0.39 is 0 Å². The second kappa shape index (κ2) is 7.19. The second-order valence-corrected chi connectivity index (χ2v) is 4.66. The number of amides is 1. The van der Waals surface area contributed by atoms with Gasteiger partial charge in [-0.3, -0.25) is 9.78 Å². The van der Waals surface area contributed by atoms with Gasteiger partial charge in [0, 0.05) is 6.20 Å². The summed E-state index contributed by atoms with van der Waals surface area (Å²) in [6, 6.07) is 11.3. The molecule has 1 aromatic heterocycles. The fraction of sp³-hybridized carbons (Fsp3) is 0.188. The summed E-state index contributed by atoms with van der Waals surface area (Å²) in [5.41, 5.74) is 5.26. The van der Waals surface area contributed by atoms with Crippen LogP contribution in [-0.2, 0) is 4.79 Å². The van der Waals surface area contributed by atoms with Gasteiger partial charge in [0.2, 0.25) is 0 Å². The number of hydrogen-bond acceptors (Lipinski definition) is 4. The quantitative estimate of drug-likeness (QED) is 0.676. The summed E-state index contributed by atoms with van der Waals surface area (Å²) < 4.78 is 5.43. The van der Waals surface area contributed by atoms with Gasteiger partial charge in [-0.05, 0) is 49.2 Å². The zero-order valence-corrected chi connectivity index (χ0v) is 12.0. The van der Waals surface area contributed by atoms with Crippen molar-refractivity contribution in [2.45, 2.75) is 13.8 Å². The molecule has 1 aromatic carbocycles. The number of nitrogens with one attached hydrogen (secondary N) is 1. The molecular formula is C16H17N3O2. The molecule has 0 unspecified atom stereocenters. The van der Waals surface area contributed by atoms with Crippen LogP contribution < -0.4 is 10.2 Å². The molecular weight excluding hydrogens is 266 g/mol. The lowest BCUT2D eigenvalue weighted by Crippen LogP contribution is -2.24. The van der Waals surface area contributed by atoms with Crippen molar-refractivity contribution >= 4 is 12.1 Å². The molecule has 5 nitrogen and oxygen atoms in total. The lowest BCUT2D eigenvalue weighted by atomic mass is 10.1. The first-order valence-corrected chi connectivity index (χ1v) is 6.57. The summed E-state index contributed by atoms with van der Waals surface area (Å²) in [5.74, 6) is 0.359. The lowest BCUT2D eigenvalue weighted by Gasteiger charge is -2.07. The number of carbonyl (C=O) groups excluding carboxylic acids is 1. The fourth-order valence-electron chi connectivity index (χ4n) is 1.82. The molecule has 1 amide bonds. The maximum atomic E-state index is 11.6. The Hall–Kier alpha value is -2.69. The van der Waals surface area contributed by atoms with E-state index in [1.807, 2.05) is 44.2 Å². The summed E-state index contributed by atoms with van der Waals surface area (Å²) in [6.07, 6.45) is 3.14. The number of hydrazone groups is 1. The highest BCUT2D eigenvalue weighted by atomic mass is 16.5. The molecule has 1 heterocycles. The molecule has 21 heavy (non-hydrogen) atoms. The van der Waals surface area contributed by atoms with Crippen LogP contribution in [0.4, 0.5) is 0 Å². The number of hydrogen-bond donors (Lipinski definition) is 1. The minimum atomic E-state index is -0.318. The third-order valence-electron chi connectivity index (χ3n) is 2.64. The highest BCUT2D eigenvalue weighted by Crippen LogP contribution is 2.15. The molecule has 0 saturated heterocycles. The van der Waals surface area contributed by atoms with E-state index in [0.717, 1.165) is 11.1 Å². The minimum Gasteiger partial charge on any atom is -0.484 e. The van der Waals surface area contributed by atoms with E-state index in [1.165, 1.54) is 6.21 Å². The van der Waals surface area contributed by atoms with Crippen molar-refractivity contribution in [3.63, 3.8) is 0 Å². The average Bonchev–Trinajstić information content (AvgIpc) is 2.45. The van der Waals surface area contributed by atoms with Crippen molar-refractivity contribution in [1.82, 2.24) is 10.4 Å². The monoisotopic (exact) mass is 283 g/mol. The highest BCUT2D eigenvalue weighted by molar-refractivity contribution is 5.81. The lowest BCUT2D eigenvalue weighted by molar-refractivity contribution is -0.123. The molecule has 0 atom stereocenters. The first-order chi connectivity index (χ1) is 10.1. The Balaban J connectivity index is 1.81. The Kier molecular flexibility index (Phi) is 5.04. The number of benzene rings is 1. The predicted octanol–water partition coefficient (Wildman–Crippen LogP) is 2.23. The van der Waals surface area contributed by atoms with Gasteiger partial charge in [0.05, 0.1) is 11.9 Å². The predicted molar refractivity (Wildman–Crippen MR) is 81.4 cm³/mol. The number of rotatable bonds is 5. The van der Waals surface area contributed by atoms with Crippen molar-refractivity contribution in [3.05, 3.63) is 59.4 Å². The summed E-state index contributed by atoms with van der Waals surface area (Å²) in [4.78, 5) is 15.7. The van der Waals surface area contributed by atoms with Gasteiger partial charge < -0.3 is 4.74 Å². The number of aromatic nitrogens is 1. The Morgan fingerprint density at radius 3 is 2.71 bits per heavy atom. The molecule has 0 aliphatic heterocycles. The Bertz CT molecular complexity index is 619. The fourth-order valence-corrected chi connectivity index (χ4v) is 1.82. The van der Waals surface area contributed by atoms with Crippen LogP contribution >= 0.6 is 0 Å². The van der Waals surface area contributed by atoms with Gasteiger partial charge in [0.15, 0.2) is 6.61 Å². The molecule has 2 aromatic rings. The number of nitrogens with zero attached hydrogens (tertiary/aromatic N) is 2. The molecule has 0 aliphatic rings. The third kappa shape index (κ3) is 5.06. The number of aryl methyl sites for hydroxylation is 2. The topological polar surface area (TPSA) is 63.6 Å². The van der Waals surface area contributed by atoms with Gasteiger partial charge in [-0.2, -0.15) is 5.10 Å². The van der Waals surface area contributed by atoms with E-state index in [-0.39, 0.29) is 12.5 Å². The van der Waals surface area contributed by atoms with Crippen LogP contribution in [0.25, 0.3) is 0 Å². The normalized spacial score (nSPS) is 10.6. The maximum Gasteiger partial charge on any atom is 0.277 e. The first kappa shape index (κ1) is 14.7. The van der Waals surface area contributed by atoms with E-state index in [9.17, 15) is 4.79 Å². The van der Waals surface area contributed by atoms with Crippen LogP contribution in [0.3, 0.4) is 0 Å². The van der Waals surface area contributed by atoms with E-state index in [2.05, 4.69) is 15.5 Å². The first-order valence-electron chi connectivity index (χ1n) is 6.57. The Labute approximate surface area is 123 Å². The van der Waals surface area contributed by atoms with Crippen LogP contribution in [0.5, 0.6) is 5.75 Å². The molecule has 0 saturated carbocycles. The molecule has 5 heteroatoms. The number of carbonyl (C=O) groups is 1. The largest absolute Gasteiger partial charge is 0.484 e. The molecule has 108 valence electrons. The van der Waals surface area contributed by atoms with Crippen LogP contribution in [0.1, 0.15) is 16.8 Å². The highest BCUT2D eigenvalue weighted by Gasteiger charge is 2.02. The van der Waals surface area contributed by atoms with Gasteiger partial charge >= 0.3 is 0 Å². The zero-order chi connectivity index (χ0) is 15.1. The van der Waals surface area contributed by atoms with Gasteiger partial charge in [-0.15, -0.1) is 0 Å². The minimum absolute atomic E-state index is 0.0809. The van der Waals surface area contributed by atoms with E-state index in [1.54, 1.807) is 12.3 Å². The third-order valence-corrected chi connectivity index (χ3v) is 2.64. The molecule has 2 rings (SSSR count). The van der Waals surface area contributed by atoms with Crippen LogP contribution in [-0.4, -0.2) is 23.7 Å². The van der Waals surface area contributed by atoms with Crippen molar-refractivity contribution < 1.29 is 9.53 Å². The zero-order valence-electron chi connectivity index (χ0n) is 12.0. The summed E-state index contributed by atoms with van der Waals surface area (Å²) >= 11 is 0. The van der Waals surface area contributed by atoms with Crippen molar-refractivity contribution in [2.75, 3.05) is 6.61 Å². The smallest absolute Gasteiger partial charge is 0.277 e. The van der Waals surface area contributed by atoms with Crippen LogP contribution in [0.2, 0.25) is 0 Å². The Morgan fingerprint density at radius 2 is 2.05 bits per heavy atom. The average molecular weight is 283 g/mol. The van der Waals surface area contributed by atoms with Gasteiger partial charge in [-0.25, -0.2) is 5.43 Å². The van der Waals surface area contributed by atoms with E-state index in [0.29, 0.717) is 11.4 Å². The van der Waals surface area contributed by atoms with Crippen LogP contribution in [0.15, 0.2) is 47.7 Å². The Morgan fingerprint density at radius 1 is 1.29 bits per heavy atom. The SMILES string of the molecule is Cc1cc(C)cc(OCC(=O)N/N=C\c2ccccn2)c1. The second-order valence-electron chi connectivity index (χ2n) is 4.66. The van der Waals surface area contributed by atoms with Crippen molar-refractivity contribution in [1.29, 1.82) is 0 Å². The molecule has 0 aliphatic carbocycles. The molecule has 0 spiro atoms. The van der Waals surface area contributed by atoms with Crippen LogP contribution in [0, 0.1) is 13.8 Å². The van der Waals surface area contributed by atoms with Gasteiger partial charge in [0.25, 0.3) is 5.91 Å². The standard InChI is InChI=1S/C16H17N3O2/c1-12-7-13(2)9-15(8-12)21-11-16(20)19-18-10-14-5-3-4-6-17-14/h3-10H,11H2,1-2H3,(H,19,20)/b18-10-. The number of pyridine rings is 1. The molecule has 1 N–H and O–H groups in total. The summed E-state index contributed by atoms with van der Waals surface area (Å²) in [7, 11) is 0. The summed E-state index contributed by atoms with van der Waals surface area (Å²) in [5, 5.41) is 3.82. The molecule has 0 fully saturated rings. The van der Waals surface area contributed by atoms with E-state index >= 15 is 0 Å². The molecule has 0 bridgehead atoms. The number of ether oxygens (including phenoxy) is 1. The van der Waals surface area contributed by atoms with Gasteiger partial charge in [0.1, 0.15) is 5.75 Å². The van der Waals surface area contributed by atoms with Crippen molar-refractivity contribution in [2.24, 2.45) is 5.10 Å².